The van der Waals surface area contributed by atoms with E-state index in [1.807, 2.05) is 50.2 Å². The van der Waals surface area contributed by atoms with E-state index >= 15 is 0 Å². The van der Waals surface area contributed by atoms with Gasteiger partial charge in [-0.2, -0.15) is 0 Å². The van der Waals surface area contributed by atoms with Gasteiger partial charge in [0.15, 0.2) is 5.16 Å². The molecule has 0 saturated carbocycles. The number of thioether (sulfide) groups is 1. The third kappa shape index (κ3) is 6.94. The smallest absolute Gasteiger partial charge is 0.262 e. The van der Waals surface area contributed by atoms with Crippen LogP contribution < -0.4 is 16.2 Å². The lowest BCUT2D eigenvalue weighted by Gasteiger charge is -2.17. The van der Waals surface area contributed by atoms with Gasteiger partial charge in [0.2, 0.25) is 11.8 Å². The van der Waals surface area contributed by atoms with Gasteiger partial charge in [0.25, 0.3) is 5.56 Å². The van der Waals surface area contributed by atoms with Crippen molar-refractivity contribution in [2.45, 2.75) is 70.3 Å². The molecule has 186 valence electrons. The van der Waals surface area contributed by atoms with Crippen molar-refractivity contribution in [1.29, 1.82) is 0 Å². The molecule has 8 heteroatoms. The summed E-state index contributed by atoms with van der Waals surface area (Å²) in [4.78, 5) is 43.1. The summed E-state index contributed by atoms with van der Waals surface area (Å²) in [5, 5.41) is 6.15. The highest BCUT2D eigenvalue weighted by Crippen LogP contribution is 2.23. The number of aryl methyl sites for hydroxylation is 2. The second kappa shape index (κ2) is 12.5. The standard InChI is InChI=1S/C27H34N4O3S/c1-5-6-7-10-16-31-26(34)21-14-8-9-15-22(21)29-27(31)35-20(4)25(33)28-17-23(32)30-24-18(2)12-11-13-19(24)3/h8-9,11-15,20H,5-7,10,16-17H2,1-4H3,(H,28,33)(H,30,32). The van der Waals surface area contributed by atoms with Crippen LogP contribution in [0, 0.1) is 13.8 Å². The van der Waals surface area contributed by atoms with Gasteiger partial charge >= 0.3 is 0 Å². The molecule has 0 spiro atoms. The Morgan fingerprint density at radius 3 is 2.46 bits per heavy atom. The number of unbranched alkanes of at least 4 members (excludes halogenated alkanes) is 3. The highest BCUT2D eigenvalue weighted by atomic mass is 32.2. The first-order chi connectivity index (χ1) is 16.8. The lowest BCUT2D eigenvalue weighted by molar-refractivity contribution is -0.123. The molecule has 0 aliphatic carbocycles. The minimum Gasteiger partial charge on any atom is -0.346 e. The number of benzene rings is 2. The molecule has 35 heavy (non-hydrogen) atoms. The number of hydrogen-bond donors (Lipinski definition) is 2. The summed E-state index contributed by atoms with van der Waals surface area (Å²) in [5.41, 5.74) is 3.22. The van der Waals surface area contributed by atoms with Crippen LogP contribution in [0.5, 0.6) is 0 Å². The number of aromatic nitrogens is 2. The van der Waals surface area contributed by atoms with Crippen molar-refractivity contribution in [2.24, 2.45) is 0 Å². The normalized spacial score (nSPS) is 11.9. The Kier molecular flexibility index (Phi) is 9.48. The monoisotopic (exact) mass is 494 g/mol. The van der Waals surface area contributed by atoms with Crippen LogP contribution in [0.25, 0.3) is 10.9 Å². The number of carbonyl (C=O) groups is 2. The molecule has 3 rings (SSSR count). The SMILES string of the molecule is CCCCCCn1c(SC(C)C(=O)NCC(=O)Nc2c(C)cccc2C)nc2ccccc2c1=O. The Hall–Kier alpha value is -3.13. The molecule has 7 nitrogen and oxygen atoms in total. The largest absolute Gasteiger partial charge is 0.346 e. The fourth-order valence-corrected chi connectivity index (χ4v) is 4.81. The van der Waals surface area contributed by atoms with E-state index in [0.717, 1.165) is 42.5 Å². The summed E-state index contributed by atoms with van der Waals surface area (Å²) in [5.74, 6) is -0.573. The number of nitrogens with one attached hydrogen (secondary N) is 2. The predicted octanol–water partition coefficient (Wildman–Crippen LogP) is 4.83. The Labute approximate surface area is 210 Å². The average molecular weight is 495 g/mol. The van der Waals surface area contributed by atoms with Gasteiger partial charge in [-0.3, -0.25) is 19.0 Å². The molecule has 0 aliphatic heterocycles. The number of para-hydroxylation sites is 2. The molecule has 1 atom stereocenters. The lowest BCUT2D eigenvalue weighted by Crippen LogP contribution is -2.37. The minimum atomic E-state index is -0.530. The Bertz CT molecular complexity index is 1230. The van der Waals surface area contributed by atoms with Crippen molar-refractivity contribution in [3.8, 4) is 0 Å². The summed E-state index contributed by atoms with van der Waals surface area (Å²) in [7, 11) is 0. The van der Waals surface area contributed by atoms with E-state index in [9.17, 15) is 14.4 Å². The molecule has 0 fully saturated rings. The van der Waals surface area contributed by atoms with Gasteiger partial charge in [0, 0.05) is 12.2 Å². The van der Waals surface area contributed by atoms with E-state index in [2.05, 4.69) is 17.6 Å². The Balaban J connectivity index is 1.68. The van der Waals surface area contributed by atoms with Crippen molar-refractivity contribution in [3.05, 3.63) is 63.9 Å². The lowest BCUT2D eigenvalue weighted by atomic mass is 10.1. The number of anilines is 1. The number of amides is 2. The molecule has 0 saturated heterocycles. The number of hydrogen-bond acceptors (Lipinski definition) is 5. The van der Waals surface area contributed by atoms with Crippen LogP contribution in [0.3, 0.4) is 0 Å². The highest BCUT2D eigenvalue weighted by molar-refractivity contribution is 8.00. The van der Waals surface area contributed by atoms with E-state index in [0.29, 0.717) is 22.6 Å². The molecule has 1 aromatic heterocycles. The third-order valence-corrected chi connectivity index (χ3v) is 6.97. The summed E-state index contributed by atoms with van der Waals surface area (Å²) in [6.45, 7) is 8.19. The van der Waals surface area contributed by atoms with E-state index < -0.39 is 5.25 Å². The number of fused-ring (bicyclic) bond motifs is 1. The molecular weight excluding hydrogens is 460 g/mol. The molecule has 0 bridgehead atoms. The maximum absolute atomic E-state index is 13.2. The molecule has 2 N–H and O–H groups in total. The summed E-state index contributed by atoms with van der Waals surface area (Å²) in [6.07, 6.45) is 4.13. The third-order valence-electron chi connectivity index (χ3n) is 5.88. The van der Waals surface area contributed by atoms with Crippen LogP contribution in [0.1, 0.15) is 50.7 Å². The first-order valence-corrected chi connectivity index (χ1v) is 13.0. The van der Waals surface area contributed by atoms with E-state index in [4.69, 9.17) is 4.98 Å². The quantitative estimate of drug-likeness (QED) is 0.226. The van der Waals surface area contributed by atoms with Crippen LogP contribution >= 0.6 is 11.8 Å². The first kappa shape index (κ1) is 26.5. The van der Waals surface area contributed by atoms with Gasteiger partial charge in [0.05, 0.1) is 22.7 Å². The maximum Gasteiger partial charge on any atom is 0.262 e. The topological polar surface area (TPSA) is 93.1 Å². The van der Waals surface area contributed by atoms with Crippen LogP contribution in [0.2, 0.25) is 0 Å². The molecule has 1 unspecified atom stereocenters. The van der Waals surface area contributed by atoms with Crippen LogP contribution in [-0.4, -0.2) is 33.2 Å². The average Bonchev–Trinajstić information content (AvgIpc) is 2.84. The van der Waals surface area contributed by atoms with Crippen LogP contribution in [0.15, 0.2) is 52.4 Å². The zero-order chi connectivity index (χ0) is 25.4. The summed E-state index contributed by atoms with van der Waals surface area (Å²) in [6, 6.07) is 13.1. The van der Waals surface area contributed by atoms with E-state index in [1.54, 1.807) is 17.6 Å². The summed E-state index contributed by atoms with van der Waals surface area (Å²) < 4.78 is 1.68. The van der Waals surface area contributed by atoms with Gasteiger partial charge in [-0.05, 0) is 50.5 Å². The van der Waals surface area contributed by atoms with Crippen molar-refractivity contribution in [2.75, 3.05) is 11.9 Å². The van der Waals surface area contributed by atoms with Crippen molar-refractivity contribution >= 4 is 40.2 Å². The van der Waals surface area contributed by atoms with Gasteiger partial charge in [-0.1, -0.05) is 68.3 Å². The van der Waals surface area contributed by atoms with E-state index in [-0.39, 0.29) is 23.9 Å². The van der Waals surface area contributed by atoms with Gasteiger partial charge < -0.3 is 10.6 Å². The minimum absolute atomic E-state index is 0.0878. The molecule has 0 radical (unpaired) electrons. The summed E-state index contributed by atoms with van der Waals surface area (Å²) >= 11 is 1.24. The second-order valence-corrected chi connectivity index (χ2v) is 10.0. The zero-order valence-electron chi connectivity index (χ0n) is 20.9. The molecule has 0 aliphatic rings. The van der Waals surface area contributed by atoms with Gasteiger partial charge in [-0.25, -0.2) is 4.98 Å². The fourth-order valence-electron chi connectivity index (χ4n) is 3.85. The van der Waals surface area contributed by atoms with Crippen molar-refractivity contribution in [1.82, 2.24) is 14.9 Å². The fraction of sp³-hybridized carbons (Fsp3) is 0.407. The first-order valence-electron chi connectivity index (χ1n) is 12.1. The molecule has 1 heterocycles. The van der Waals surface area contributed by atoms with Gasteiger partial charge in [-0.15, -0.1) is 0 Å². The van der Waals surface area contributed by atoms with E-state index in [1.165, 1.54) is 11.8 Å². The van der Waals surface area contributed by atoms with Crippen molar-refractivity contribution < 1.29 is 9.59 Å². The number of carbonyl (C=O) groups excluding carboxylic acids is 2. The van der Waals surface area contributed by atoms with Gasteiger partial charge in [0.1, 0.15) is 0 Å². The Morgan fingerprint density at radius 1 is 1.03 bits per heavy atom. The van der Waals surface area contributed by atoms with Crippen LogP contribution in [0.4, 0.5) is 5.69 Å². The molecule has 2 amide bonds. The molecule has 2 aromatic carbocycles. The van der Waals surface area contributed by atoms with Crippen LogP contribution in [-0.2, 0) is 16.1 Å². The molecule has 3 aromatic rings. The second-order valence-electron chi connectivity index (χ2n) is 8.72. The predicted molar refractivity (Wildman–Crippen MR) is 143 cm³/mol. The van der Waals surface area contributed by atoms with Crippen molar-refractivity contribution in [3.63, 3.8) is 0 Å². The zero-order valence-corrected chi connectivity index (χ0v) is 21.7. The Morgan fingerprint density at radius 2 is 1.74 bits per heavy atom. The molecular formula is C27H34N4O3S. The number of rotatable bonds is 11. The number of nitrogens with zero attached hydrogens (tertiary/aromatic N) is 2. The highest BCUT2D eigenvalue weighted by Gasteiger charge is 2.20. The maximum atomic E-state index is 13.2.